The van der Waals surface area contributed by atoms with Gasteiger partial charge in [-0.25, -0.2) is 14.4 Å². The third-order valence-electron chi connectivity index (χ3n) is 7.27. The van der Waals surface area contributed by atoms with E-state index in [0.29, 0.717) is 58.2 Å². The zero-order valence-electron chi connectivity index (χ0n) is 33.4. The van der Waals surface area contributed by atoms with Crippen LogP contribution in [0.25, 0.3) is 0 Å². The number of esters is 1. The van der Waals surface area contributed by atoms with Gasteiger partial charge in [-0.15, -0.1) is 0 Å². The van der Waals surface area contributed by atoms with E-state index in [1.54, 1.807) is 88.0 Å². The first-order valence-electron chi connectivity index (χ1n) is 18.3. The van der Waals surface area contributed by atoms with Crippen LogP contribution in [0, 0.1) is 5.92 Å². The van der Waals surface area contributed by atoms with Crippen LogP contribution < -0.4 is 16.4 Å². The number of rotatable bonds is 20. The first-order valence-corrected chi connectivity index (χ1v) is 18.3. The second-order valence-corrected chi connectivity index (χ2v) is 17.1. The number of nitrogens with one attached hydrogen (secondary N) is 2. The summed E-state index contributed by atoms with van der Waals surface area (Å²) in [4.78, 5) is 53.4. The van der Waals surface area contributed by atoms with Crippen molar-refractivity contribution in [3.63, 3.8) is 0 Å². The molecule has 0 aromatic rings. The number of unbranched alkanes of at least 4 members (excludes halogenated alkanes) is 5. The number of alkyl carbamates (subject to hydrolysis) is 2. The number of nitrogens with zero attached hydrogens (tertiary/aromatic N) is 1. The van der Waals surface area contributed by atoms with E-state index in [2.05, 4.69) is 10.6 Å². The molecule has 13 nitrogen and oxygen atoms in total. The van der Waals surface area contributed by atoms with Gasteiger partial charge in [0.25, 0.3) is 0 Å². The standard InChI is InChI=1S/C37H72N4O9/c1-33(2,3)47-29(43)37(38,22-16-17-23-39-30(44)48-34(4,5)6)28(21-15-13-14-20-26-42)27-41(32(46)50-36(10,11)12)25-19-18-24-40-31(45)49-35(7,8)9/h28,42H,13-27,38H2,1-12H3,(H,39,44)(H,40,45). The predicted molar refractivity (Wildman–Crippen MR) is 196 cm³/mol. The normalized spacial score (nSPS) is 14.2. The molecule has 0 saturated heterocycles. The minimum atomic E-state index is -1.45. The van der Waals surface area contributed by atoms with Crippen molar-refractivity contribution in [1.82, 2.24) is 15.5 Å². The second-order valence-electron chi connectivity index (χ2n) is 17.1. The van der Waals surface area contributed by atoms with Crippen molar-refractivity contribution in [1.29, 1.82) is 0 Å². The highest BCUT2D eigenvalue weighted by Gasteiger charge is 2.45. The van der Waals surface area contributed by atoms with Crippen LogP contribution in [0.4, 0.5) is 14.4 Å². The maximum Gasteiger partial charge on any atom is 0.410 e. The van der Waals surface area contributed by atoms with Gasteiger partial charge < -0.3 is 45.3 Å². The van der Waals surface area contributed by atoms with Crippen LogP contribution in [-0.4, -0.2) is 95.0 Å². The zero-order valence-corrected chi connectivity index (χ0v) is 33.4. The molecule has 0 rings (SSSR count). The van der Waals surface area contributed by atoms with Crippen molar-refractivity contribution in [3.05, 3.63) is 0 Å². The molecule has 3 amide bonds. The molecule has 0 aromatic carbocycles. The molecule has 13 heteroatoms. The Morgan fingerprint density at radius 3 is 1.54 bits per heavy atom. The van der Waals surface area contributed by atoms with E-state index in [-0.39, 0.29) is 19.6 Å². The van der Waals surface area contributed by atoms with Gasteiger partial charge in [-0.05, 0) is 128 Å². The molecule has 294 valence electrons. The number of amides is 3. The monoisotopic (exact) mass is 717 g/mol. The molecular weight excluding hydrogens is 644 g/mol. The highest BCUT2D eigenvalue weighted by molar-refractivity contribution is 5.81. The smallest absolute Gasteiger partial charge is 0.410 e. The number of ether oxygens (including phenoxy) is 4. The largest absolute Gasteiger partial charge is 0.459 e. The number of nitrogens with two attached hydrogens (primary N) is 1. The molecule has 0 aromatic heterocycles. The molecule has 0 aliphatic heterocycles. The molecule has 2 atom stereocenters. The third-order valence-corrected chi connectivity index (χ3v) is 7.27. The van der Waals surface area contributed by atoms with Crippen molar-refractivity contribution >= 4 is 24.2 Å². The summed E-state index contributed by atoms with van der Waals surface area (Å²) in [7, 11) is 0. The fourth-order valence-corrected chi connectivity index (χ4v) is 5.04. The van der Waals surface area contributed by atoms with E-state index < -0.39 is 58.1 Å². The molecule has 5 N–H and O–H groups in total. The van der Waals surface area contributed by atoms with Gasteiger partial charge in [-0.2, -0.15) is 0 Å². The summed E-state index contributed by atoms with van der Waals surface area (Å²) in [5.41, 5.74) is 2.91. The Labute approximate surface area is 302 Å². The van der Waals surface area contributed by atoms with Gasteiger partial charge >= 0.3 is 24.2 Å². The summed E-state index contributed by atoms with van der Waals surface area (Å²) in [5, 5.41) is 14.8. The third kappa shape index (κ3) is 23.6. The van der Waals surface area contributed by atoms with E-state index in [0.717, 1.165) is 19.3 Å². The highest BCUT2D eigenvalue weighted by atomic mass is 16.6. The molecule has 0 bridgehead atoms. The highest BCUT2D eigenvalue weighted by Crippen LogP contribution is 2.31. The summed E-state index contributed by atoms with van der Waals surface area (Å²) >= 11 is 0. The van der Waals surface area contributed by atoms with Crippen molar-refractivity contribution < 1.29 is 43.2 Å². The van der Waals surface area contributed by atoms with Gasteiger partial charge in [0, 0.05) is 38.7 Å². The van der Waals surface area contributed by atoms with Crippen LogP contribution in [0.3, 0.4) is 0 Å². The van der Waals surface area contributed by atoms with Crippen LogP contribution in [0.2, 0.25) is 0 Å². The fourth-order valence-electron chi connectivity index (χ4n) is 5.04. The quantitative estimate of drug-likeness (QED) is 0.0593. The Bertz CT molecular complexity index is 1030. The Balaban J connectivity index is 6.18. The summed E-state index contributed by atoms with van der Waals surface area (Å²) in [6.45, 7) is 22.8. The molecule has 0 fully saturated rings. The summed E-state index contributed by atoms with van der Waals surface area (Å²) < 4.78 is 22.3. The number of carbonyl (C=O) groups excluding carboxylic acids is 4. The average Bonchev–Trinajstić information content (AvgIpc) is 2.91. The molecule has 0 heterocycles. The number of aliphatic hydroxyl groups is 1. The summed E-state index contributed by atoms with van der Waals surface area (Å²) in [5.74, 6) is -1.03. The molecule has 0 saturated carbocycles. The number of hydrogen-bond donors (Lipinski definition) is 4. The fraction of sp³-hybridized carbons (Fsp3) is 0.892. The lowest BCUT2D eigenvalue weighted by Crippen LogP contribution is -2.59. The van der Waals surface area contributed by atoms with E-state index in [4.69, 9.17) is 24.7 Å². The minimum Gasteiger partial charge on any atom is -0.459 e. The van der Waals surface area contributed by atoms with Gasteiger partial charge in [0.2, 0.25) is 0 Å². The predicted octanol–water partition coefficient (Wildman–Crippen LogP) is 6.82. The molecule has 2 unspecified atom stereocenters. The summed E-state index contributed by atoms with van der Waals surface area (Å²) in [6.07, 6.45) is 4.51. The first kappa shape index (κ1) is 47.2. The van der Waals surface area contributed by atoms with E-state index in [9.17, 15) is 24.3 Å². The summed E-state index contributed by atoms with van der Waals surface area (Å²) in [6, 6.07) is 0. The number of hydrogen-bond acceptors (Lipinski definition) is 10. The van der Waals surface area contributed by atoms with Gasteiger partial charge in [0.1, 0.15) is 27.9 Å². The van der Waals surface area contributed by atoms with Crippen molar-refractivity contribution in [2.75, 3.05) is 32.8 Å². The Morgan fingerprint density at radius 2 is 1.08 bits per heavy atom. The van der Waals surface area contributed by atoms with Crippen LogP contribution in [0.5, 0.6) is 0 Å². The van der Waals surface area contributed by atoms with E-state index in [1.165, 1.54) is 0 Å². The molecule has 0 radical (unpaired) electrons. The lowest BCUT2D eigenvalue weighted by molar-refractivity contribution is -0.165. The topological polar surface area (TPSA) is 179 Å². The Kier molecular flexibility index (Phi) is 20.3. The van der Waals surface area contributed by atoms with Crippen molar-refractivity contribution in [2.45, 2.75) is 175 Å². The van der Waals surface area contributed by atoms with Gasteiger partial charge in [0.15, 0.2) is 0 Å². The van der Waals surface area contributed by atoms with Crippen LogP contribution in [0.1, 0.15) is 147 Å². The Hall–Kier alpha value is -2.80. The zero-order chi connectivity index (χ0) is 38.8. The Morgan fingerprint density at radius 1 is 0.620 bits per heavy atom. The first-order chi connectivity index (χ1) is 22.8. The van der Waals surface area contributed by atoms with Crippen LogP contribution in [-0.2, 0) is 23.7 Å². The maximum absolute atomic E-state index is 14.0. The van der Waals surface area contributed by atoms with Gasteiger partial charge in [-0.3, -0.25) is 4.79 Å². The van der Waals surface area contributed by atoms with Crippen LogP contribution >= 0.6 is 0 Å². The SMILES string of the molecule is CC(C)(C)OC(=O)NCCCCN(CC(CCCCCCO)C(N)(CCCCNC(=O)OC(C)(C)C)C(=O)OC(C)(C)C)C(=O)OC(C)(C)C. The van der Waals surface area contributed by atoms with Crippen LogP contribution in [0.15, 0.2) is 0 Å². The second kappa shape index (κ2) is 21.5. The lowest BCUT2D eigenvalue weighted by atomic mass is 9.77. The van der Waals surface area contributed by atoms with Crippen molar-refractivity contribution in [2.24, 2.45) is 11.7 Å². The minimum absolute atomic E-state index is 0.106. The van der Waals surface area contributed by atoms with Gasteiger partial charge in [0.05, 0.1) is 0 Å². The molecule has 0 aliphatic carbocycles. The molecule has 0 aliphatic rings. The van der Waals surface area contributed by atoms with Crippen molar-refractivity contribution in [3.8, 4) is 0 Å². The maximum atomic E-state index is 14.0. The number of aliphatic hydroxyl groups excluding tert-OH is 1. The van der Waals surface area contributed by atoms with E-state index >= 15 is 0 Å². The molecule has 50 heavy (non-hydrogen) atoms. The number of carbonyl (C=O) groups is 4. The van der Waals surface area contributed by atoms with Gasteiger partial charge in [-0.1, -0.05) is 19.3 Å². The molecular formula is C37H72N4O9. The lowest BCUT2D eigenvalue weighted by Gasteiger charge is -2.40. The van der Waals surface area contributed by atoms with E-state index in [1.807, 2.05) is 0 Å². The average molecular weight is 717 g/mol. The molecule has 0 spiro atoms.